The molecule has 1 aliphatic rings. The largest absolute Gasteiger partial charge is 0.329 e. The maximum absolute atomic E-state index is 4.85. The molecule has 0 N–H and O–H groups in total. The van der Waals surface area contributed by atoms with E-state index in [-0.39, 0.29) is 0 Å². The van der Waals surface area contributed by atoms with Crippen LogP contribution in [0.2, 0.25) is 0 Å². The zero-order valence-corrected chi connectivity index (χ0v) is 5.82. The fourth-order valence-electron chi connectivity index (χ4n) is 0.351. The molecule has 1 saturated heterocycles. The van der Waals surface area contributed by atoms with Crippen molar-refractivity contribution in [1.29, 1.82) is 0 Å². The fourth-order valence-corrected chi connectivity index (χ4v) is 0.639. The van der Waals surface area contributed by atoms with Crippen molar-refractivity contribution >= 4 is 25.3 Å². The first-order valence-electron chi connectivity index (χ1n) is 2.10. The summed E-state index contributed by atoms with van der Waals surface area (Å²) in [4.78, 5) is 8.98. The molecule has 0 aromatic rings. The van der Waals surface area contributed by atoms with E-state index < -0.39 is 4.45 Å². The summed E-state index contributed by atoms with van der Waals surface area (Å²) in [7, 11) is 0. The molecule has 0 radical (unpaired) electrons. The van der Waals surface area contributed by atoms with Gasteiger partial charge < -0.3 is 4.74 Å². The minimum Gasteiger partial charge on any atom is -0.329 e. The topological polar surface area (TPSA) is 27.7 Å². The van der Waals surface area contributed by atoms with E-state index in [1.807, 2.05) is 0 Å². The number of ether oxygens (including phenoxy) is 1. The van der Waals surface area contributed by atoms with E-state index in [9.17, 15) is 0 Å². The third kappa shape index (κ3) is 1.83. The predicted molar refractivity (Wildman–Crippen MR) is 33.7 cm³/mol. The van der Waals surface area contributed by atoms with Gasteiger partial charge in [0.05, 0.1) is 6.61 Å². The fraction of sp³-hybridized carbons (Fsp3) is 1.00. The Labute approximate surface area is 58.0 Å². The molecular formula is C3H6O3S2. The highest BCUT2D eigenvalue weighted by Gasteiger charge is 2.26. The molecule has 0 spiro atoms. The molecule has 3 nitrogen and oxygen atoms in total. The van der Waals surface area contributed by atoms with Gasteiger partial charge in [0.2, 0.25) is 0 Å². The first-order valence-corrected chi connectivity index (χ1v) is 2.99. The number of thiol groups is 2. The van der Waals surface area contributed by atoms with Gasteiger partial charge in [-0.25, -0.2) is 4.89 Å². The van der Waals surface area contributed by atoms with Crippen molar-refractivity contribution in [3.63, 3.8) is 0 Å². The van der Waals surface area contributed by atoms with Crippen molar-refractivity contribution in [2.24, 2.45) is 0 Å². The van der Waals surface area contributed by atoms with Gasteiger partial charge in [-0.2, -0.15) is 4.89 Å². The Hall–Kier alpha value is 0.580. The minimum absolute atomic E-state index is 0.433. The quantitative estimate of drug-likeness (QED) is 0.301. The highest BCUT2D eigenvalue weighted by Crippen LogP contribution is 2.25. The average molecular weight is 154 g/mol. The number of hydrogen-bond donors (Lipinski definition) is 2. The van der Waals surface area contributed by atoms with Crippen LogP contribution in [0.3, 0.4) is 0 Å². The molecule has 0 amide bonds. The van der Waals surface area contributed by atoms with E-state index >= 15 is 0 Å². The second-order valence-corrected chi connectivity index (χ2v) is 2.83. The summed E-state index contributed by atoms with van der Waals surface area (Å²) >= 11 is 7.63. The smallest absolute Gasteiger partial charge is 0.293 e. The molecule has 0 bridgehead atoms. The molecule has 1 aliphatic heterocycles. The lowest BCUT2D eigenvalue weighted by Gasteiger charge is -2.25. The molecule has 0 aromatic carbocycles. The van der Waals surface area contributed by atoms with Crippen LogP contribution in [0, 0.1) is 0 Å². The Bertz CT molecular complexity index is 76.6. The molecule has 48 valence electrons. The van der Waals surface area contributed by atoms with Crippen molar-refractivity contribution in [3.8, 4) is 0 Å². The Balaban J connectivity index is 2.33. The highest BCUT2D eigenvalue weighted by atomic mass is 32.2. The Kier molecular flexibility index (Phi) is 2.05. The predicted octanol–water partition coefficient (Wildman–Crippen LogP) is 0.436. The van der Waals surface area contributed by atoms with E-state index in [2.05, 4.69) is 35.0 Å². The lowest BCUT2D eigenvalue weighted by molar-refractivity contribution is -0.400. The van der Waals surface area contributed by atoms with Crippen LogP contribution in [0.25, 0.3) is 0 Å². The zero-order valence-electron chi connectivity index (χ0n) is 4.03. The van der Waals surface area contributed by atoms with Gasteiger partial charge in [0.25, 0.3) is 4.45 Å². The van der Waals surface area contributed by atoms with Crippen LogP contribution in [0.15, 0.2) is 0 Å². The van der Waals surface area contributed by atoms with Gasteiger partial charge in [-0.3, -0.25) is 0 Å². The van der Waals surface area contributed by atoms with Gasteiger partial charge in [-0.1, -0.05) is 0 Å². The van der Waals surface area contributed by atoms with Crippen LogP contribution in [-0.4, -0.2) is 17.7 Å². The van der Waals surface area contributed by atoms with E-state index in [0.29, 0.717) is 13.2 Å². The van der Waals surface area contributed by atoms with Crippen LogP contribution in [0.1, 0.15) is 0 Å². The van der Waals surface area contributed by atoms with Crippen LogP contribution in [0.4, 0.5) is 0 Å². The Morgan fingerprint density at radius 2 is 2.00 bits per heavy atom. The summed E-state index contributed by atoms with van der Waals surface area (Å²) in [5.41, 5.74) is 0. The average Bonchev–Trinajstić information content (AvgIpc) is 1.65. The second kappa shape index (κ2) is 2.45. The van der Waals surface area contributed by atoms with Crippen molar-refractivity contribution in [2.75, 3.05) is 13.2 Å². The SMILES string of the molecule is SC1(S)OCCOO1. The molecule has 1 rings (SSSR count). The van der Waals surface area contributed by atoms with Crippen LogP contribution in [-0.2, 0) is 14.5 Å². The summed E-state index contributed by atoms with van der Waals surface area (Å²) in [5.74, 6) is 0. The van der Waals surface area contributed by atoms with Gasteiger partial charge in [0.1, 0.15) is 6.61 Å². The van der Waals surface area contributed by atoms with E-state index in [1.54, 1.807) is 0 Å². The molecule has 0 saturated carbocycles. The zero-order chi connectivity index (χ0) is 6.04. The maximum Gasteiger partial charge on any atom is 0.293 e. The summed E-state index contributed by atoms with van der Waals surface area (Å²) in [6.07, 6.45) is 0. The van der Waals surface area contributed by atoms with E-state index in [0.717, 1.165) is 0 Å². The summed E-state index contributed by atoms with van der Waals surface area (Å²) in [6, 6.07) is 0. The van der Waals surface area contributed by atoms with Crippen molar-refractivity contribution in [2.45, 2.75) is 4.45 Å². The minimum atomic E-state index is -1.15. The third-order valence-corrected chi connectivity index (χ3v) is 1.03. The number of rotatable bonds is 0. The first kappa shape index (κ1) is 6.70. The number of hydrogen-bond acceptors (Lipinski definition) is 5. The second-order valence-electron chi connectivity index (χ2n) is 1.30. The maximum atomic E-state index is 4.85. The van der Waals surface area contributed by atoms with Crippen LogP contribution in [0.5, 0.6) is 0 Å². The molecule has 1 fully saturated rings. The molecule has 0 unspecified atom stereocenters. The van der Waals surface area contributed by atoms with Gasteiger partial charge >= 0.3 is 0 Å². The molecule has 0 aromatic heterocycles. The molecule has 0 atom stereocenters. The van der Waals surface area contributed by atoms with Crippen LogP contribution < -0.4 is 0 Å². The summed E-state index contributed by atoms with van der Waals surface area (Å²) < 4.78 is 3.69. The van der Waals surface area contributed by atoms with Crippen LogP contribution >= 0.6 is 25.3 Å². The monoisotopic (exact) mass is 154 g/mol. The van der Waals surface area contributed by atoms with Gasteiger partial charge in [0, 0.05) is 0 Å². The Morgan fingerprint density at radius 1 is 1.25 bits per heavy atom. The van der Waals surface area contributed by atoms with E-state index in [4.69, 9.17) is 4.74 Å². The molecule has 8 heavy (non-hydrogen) atoms. The third-order valence-electron chi connectivity index (χ3n) is 0.624. The van der Waals surface area contributed by atoms with Crippen molar-refractivity contribution < 1.29 is 14.5 Å². The normalized spacial score (nSPS) is 27.8. The lowest BCUT2D eigenvalue weighted by Crippen LogP contribution is -2.30. The van der Waals surface area contributed by atoms with Gasteiger partial charge in [-0.05, 0) is 0 Å². The van der Waals surface area contributed by atoms with Crippen molar-refractivity contribution in [3.05, 3.63) is 0 Å². The van der Waals surface area contributed by atoms with Crippen molar-refractivity contribution in [1.82, 2.24) is 0 Å². The van der Waals surface area contributed by atoms with Gasteiger partial charge in [0.15, 0.2) is 0 Å². The first-order chi connectivity index (χ1) is 3.71. The Morgan fingerprint density at radius 3 is 2.25 bits per heavy atom. The summed E-state index contributed by atoms with van der Waals surface area (Å²) in [5, 5.41) is 0. The molecule has 1 heterocycles. The standard InChI is InChI=1S/C3H6O3S2/c7-3(8)4-1-2-5-6-3/h7-8H,1-2H2. The molecule has 5 heteroatoms. The lowest BCUT2D eigenvalue weighted by atomic mass is 10.8. The highest BCUT2D eigenvalue weighted by molar-refractivity contribution is 7.99. The summed E-state index contributed by atoms with van der Waals surface area (Å²) in [6.45, 7) is 0.899. The molecule has 0 aliphatic carbocycles. The van der Waals surface area contributed by atoms with Gasteiger partial charge in [-0.15, -0.1) is 25.3 Å². The molecular weight excluding hydrogens is 148 g/mol. The van der Waals surface area contributed by atoms with E-state index in [1.165, 1.54) is 0 Å².